The van der Waals surface area contributed by atoms with Gasteiger partial charge in [-0.05, 0) is 29.3 Å². The van der Waals surface area contributed by atoms with E-state index < -0.39 is 6.10 Å². The van der Waals surface area contributed by atoms with Crippen molar-refractivity contribution in [2.45, 2.75) is 12.5 Å². The first-order valence-corrected chi connectivity index (χ1v) is 5.71. The molecule has 1 atom stereocenters. The Kier molecular flexibility index (Phi) is 3.77. The van der Waals surface area contributed by atoms with Crippen molar-refractivity contribution < 1.29 is 9.50 Å². The summed E-state index contributed by atoms with van der Waals surface area (Å²) in [5.74, 6) is -0.343. The van der Waals surface area contributed by atoms with Crippen LogP contribution in [0, 0.1) is 5.82 Å². The highest BCUT2D eigenvalue weighted by Gasteiger charge is 2.11. The summed E-state index contributed by atoms with van der Waals surface area (Å²) in [4.78, 5) is 0. The van der Waals surface area contributed by atoms with Crippen molar-refractivity contribution in [3.8, 4) is 0 Å². The van der Waals surface area contributed by atoms with E-state index in [2.05, 4.69) is 0 Å². The Labute approximate surface area is 104 Å². The third-order valence-corrected chi connectivity index (χ3v) is 2.84. The van der Waals surface area contributed by atoms with Crippen LogP contribution in [0.2, 0.25) is 5.02 Å². The molecule has 0 aromatic heterocycles. The van der Waals surface area contributed by atoms with Crippen LogP contribution >= 0.6 is 11.6 Å². The van der Waals surface area contributed by atoms with Crippen molar-refractivity contribution in [1.29, 1.82) is 0 Å². The van der Waals surface area contributed by atoms with E-state index in [9.17, 15) is 9.50 Å². The Balaban J connectivity index is 2.18. The van der Waals surface area contributed by atoms with Crippen LogP contribution in [-0.2, 0) is 6.42 Å². The van der Waals surface area contributed by atoms with Gasteiger partial charge in [0.2, 0.25) is 0 Å². The lowest BCUT2D eigenvalue weighted by Gasteiger charge is -2.11. The minimum Gasteiger partial charge on any atom is -0.388 e. The summed E-state index contributed by atoms with van der Waals surface area (Å²) in [6.45, 7) is 0. The van der Waals surface area contributed by atoms with Gasteiger partial charge in [-0.1, -0.05) is 41.9 Å². The van der Waals surface area contributed by atoms with E-state index in [1.807, 2.05) is 30.3 Å². The molecule has 0 bridgehead atoms. The number of hydrogen-bond donors (Lipinski definition) is 1. The molecule has 0 spiro atoms. The SMILES string of the molecule is OC(Cc1cc(Cl)ccc1F)c1ccccc1. The van der Waals surface area contributed by atoms with Crippen molar-refractivity contribution in [2.24, 2.45) is 0 Å². The number of rotatable bonds is 3. The number of benzene rings is 2. The average Bonchev–Trinajstić information content (AvgIpc) is 2.35. The smallest absolute Gasteiger partial charge is 0.126 e. The van der Waals surface area contributed by atoms with Crippen LogP contribution in [0.3, 0.4) is 0 Å². The molecule has 0 aliphatic carbocycles. The zero-order chi connectivity index (χ0) is 12.3. The molecule has 0 heterocycles. The predicted octanol–water partition coefficient (Wildman–Crippen LogP) is 3.76. The standard InChI is InChI=1S/C14H12ClFO/c15-12-6-7-13(16)11(8-12)9-14(17)10-4-2-1-3-5-10/h1-8,14,17H,9H2. The zero-order valence-corrected chi connectivity index (χ0v) is 9.86. The first-order chi connectivity index (χ1) is 8.16. The van der Waals surface area contributed by atoms with Crippen LogP contribution in [0.15, 0.2) is 48.5 Å². The quantitative estimate of drug-likeness (QED) is 0.880. The maximum Gasteiger partial charge on any atom is 0.126 e. The number of aliphatic hydroxyl groups is 1. The van der Waals surface area contributed by atoms with Crippen molar-refractivity contribution in [3.63, 3.8) is 0 Å². The molecule has 0 aliphatic rings. The van der Waals surface area contributed by atoms with Crippen LogP contribution < -0.4 is 0 Å². The van der Waals surface area contributed by atoms with E-state index in [-0.39, 0.29) is 12.2 Å². The molecule has 0 amide bonds. The molecule has 0 saturated heterocycles. The monoisotopic (exact) mass is 250 g/mol. The van der Waals surface area contributed by atoms with Crippen molar-refractivity contribution in [1.82, 2.24) is 0 Å². The van der Waals surface area contributed by atoms with Crippen molar-refractivity contribution >= 4 is 11.6 Å². The van der Waals surface area contributed by atoms with Gasteiger partial charge in [0.05, 0.1) is 6.10 Å². The highest BCUT2D eigenvalue weighted by Crippen LogP contribution is 2.22. The Morgan fingerprint density at radius 2 is 1.82 bits per heavy atom. The molecule has 2 rings (SSSR count). The highest BCUT2D eigenvalue weighted by molar-refractivity contribution is 6.30. The summed E-state index contributed by atoms with van der Waals surface area (Å²) >= 11 is 5.80. The third-order valence-electron chi connectivity index (χ3n) is 2.61. The lowest BCUT2D eigenvalue weighted by molar-refractivity contribution is 0.177. The Morgan fingerprint density at radius 3 is 2.53 bits per heavy atom. The maximum atomic E-state index is 13.5. The predicted molar refractivity (Wildman–Crippen MR) is 66.5 cm³/mol. The van der Waals surface area contributed by atoms with E-state index in [4.69, 9.17) is 11.6 Å². The van der Waals surface area contributed by atoms with E-state index in [1.54, 1.807) is 6.07 Å². The second kappa shape index (κ2) is 5.30. The van der Waals surface area contributed by atoms with E-state index in [0.29, 0.717) is 10.6 Å². The maximum absolute atomic E-state index is 13.5. The average molecular weight is 251 g/mol. The van der Waals surface area contributed by atoms with Crippen LogP contribution in [0.1, 0.15) is 17.2 Å². The molecule has 3 heteroatoms. The zero-order valence-electron chi connectivity index (χ0n) is 9.11. The fourth-order valence-corrected chi connectivity index (χ4v) is 1.90. The minimum absolute atomic E-state index is 0.219. The molecular formula is C14H12ClFO. The molecule has 0 saturated carbocycles. The summed E-state index contributed by atoms with van der Waals surface area (Å²) in [7, 11) is 0. The molecule has 0 radical (unpaired) electrons. The summed E-state index contributed by atoms with van der Waals surface area (Å²) in [6, 6.07) is 13.5. The molecule has 2 aromatic carbocycles. The van der Waals surface area contributed by atoms with Gasteiger partial charge in [0.25, 0.3) is 0 Å². The Hall–Kier alpha value is -1.38. The van der Waals surface area contributed by atoms with Gasteiger partial charge in [-0.25, -0.2) is 4.39 Å². The van der Waals surface area contributed by atoms with Gasteiger partial charge in [-0.2, -0.15) is 0 Å². The van der Waals surface area contributed by atoms with Gasteiger partial charge in [-0.3, -0.25) is 0 Å². The lowest BCUT2D eigenvalue weighted by Crippen LogP contribution is -2.03. The van der Waals surface area contributed by atoms with Gasteiger partial charge in [-0.15, -0.1) is 0 Å². The number of aliphatic hydroxyl groups excluding tert-OH is 1. The molecule has 88 valence electrons. The van der Waals surface area contributed by atoms with Gasteiger partial charge in [0, 0.05) is 11.4 Å². The molecule has 0 fully saturated rings. The second-order valence-electron chi connectivity index (χ2n) is 3.87. The highest BCUT2D eigenvalue weighted by atomic mass is 35.5. The molecule has 0 aliphatic heterocycles. The molecule has 1 unspecified atom stereocenters. The Bertz CT molecular complexity index is 499. The second-order valence-corrected chi connectivity index (χ2v) is 4.30. The van der Waals surface area contributed by atoms with Crippen LogP contribution in [0.4, 0.5) is 4.39 Å². The topological polar surface area (TPSA) is 20.2 Å². The largest absolute Gasteiger partial charge is 0.388 e. The first-order valence-electron chi connectivity index (χ1n) is 5.34. The van der Waals surface area contributed by atoms with E-state index >= 15 is 0 Å². The van der Waals surface area contributed by atoms with Gasteiger partial charge < -0.3 is 5.11 Å². The summed E-state index contributed by atoms with van der Waals surface area (Å²) in [6.07, 6.45) is -0.500. The van der Waals surface area contributed by atoms with Gasteiger partial charge in [0.15, 0.2) is 0 Å². The van der Waals surface area contributed by atoms with Gasteiger partial charge >= 0.3 is 0 Å². The summed E-state index contributed by atoms with van der Waals surface area (Å²) < 4.78 is 13.5. The number of halogens is 2. The van der Waals surface area contributed by atoms with E-state index in [0.717, 1.165) is 5.56 Å². The number of hydrogen-bond acceptors (Lipinski definition) is 1. The minimum atomic E-state index is -0.718. The van der Waals surface area contributed by atoms with Crippen LogP contribution in [0.25, 0.3) is 0 Å². The molecule has 2 aromatic rings. The summed E-state index contributed by atoms with van der Waals surface area (Å²) in [5, 5.41) is 10.5. The summed E-state index contributed by atoms with van der Waals surface area (Å²) in [5.41, 5.74) is 1.20. The van der Waals surface area contributed by atoms with Crippen LogP contribution in [0.5, 0.6) is 0 Å². The first kappa shape index (κ1) is 12.1. The molecule has 1 N–H and O–H groups in total. The Morgan fingerprint density at radius 1 is 1.12 bits per heavy atom. The normalized spacial score (nSPS) is 12.4. The molecule has 17 heavy (non-hydrogen) atoms. The van der Waals surface area contributed by atoms with E-state index in [1.165, 1.54) is 12.1 Å². The van der Waals surface area contributed by atoms with Crippen LogP contribution in [-0.4, -0.2) is 5.11 Å². The lowest BCUT2D eigenvalue weighted by atomic mass is 10.0. The third kappa shape index (κ3) is 3.05. The van der Waals surface area contributed by atoms with Gasteiger partial charge in [0.1, 0.15) is 5.82 Å². The van der Waals surface area contributed by atoms with Crippen molar-refractivity contribution in [3.05, 3.63) is 70.5 Å². The fourth-order valence-electron chi connectivity index (χ4n) is 1.70. The van der Waals surface area contributed by atoms with Crippen molar-refractivity contribution in [2.75, 3.05) is 0 Å². The molecular weight excluding hydrogens is 239 g/mol. The molecule has 1 nitrogen and oxygen atoms in total. The fraction of sp³-hybridized carbons (Fsp3) is 0.143.